The topological polar surface area (TPSA) is 44.8 Å². The normalized spacial score (nSPS) is 19.2. The number of benzene rings is 2. The number of ether oxygens (including phenoxy) is 3. The average molecular weight is 435 g/mol. The van der Waals surface area contributed by atoms with E-state index in [2.05, 4.69) is 49.9 Å². The Bertz CT molecular complexity index is 940. The Labute approximate surface area is 191 Å². The number of fused-ring (bicyclic) bond motifs is 3. The number of esters is 1. The Morgan fingerprint density at radius 3 is 2.47 bits per heavy atom. The minimum absolute atomic E-state index is 0.000589. The molecule has 2 aromatic carbocycles. The summed E-state index contributed by atoms with van der Waals surface area (Å²) in [6.45, 7) is 7.08. The lowest BCUT2D eigenvalue weighted by Gasteiger charge is -2.28. The molecule has 0 unspecified atom stereocenters. The quantitative estimate of drug-likeness (QED) is 0.211. The molecule has 4 heteroatoms. The number of hydrogen-bond donors (Lipinski definition) is 0. The molecule has 2 aliphatic carbocycles. The van der Waals surface area contributed by atoms with Crippen LogP contribution in [0.5, 0.6) is 5.75 Å². The van der Waals surface area contributed by atoms with E-state index in [-0.39, 0.29) is 18.2 Å². The summed E-state index contributed by atoms with van der Waals surface area (Å²) < 4.78 is 17.5. The number of carbonyl (C=O) groups is 1. The maximum Gasteiger partial charge on any atom is 0.330 e. The molecular weight excluding hydrogens is 400 g/mol. The van der Waals surface area contributed by atoms with Crippen LogP contribution in [-0.4, -0.2) is 24.8 Å². The second-order valence-electron chi connectivity index (χ2n) is 8.89. The first-order valence-electron chi connectivity index (χ1n) is 12.0. The first-order chi connectivity index (χ1) is 15.7. The number of hydrogen-bond acceptors (Lipinski definition) is 4. The average Bonchev–Trinajstić information content (AvgIpc) is 3.18. The number of carbonyl (C=O) groups excluding carboxylic acids is 1. The highest BCUT2D eigenvalue weighted by Gasteiger charge is 2.24. The molecule has 0 amide bonds. The number of rotatable bonds is 10. The van der Waals surface area contributed by atoms with Crippen molar-refractivity contribution >= 4 is 5.97 Å². The minimum Gasteiger partial charge on any atom is -0.494 e. The maximum absolute atomic E-state index is 11.4. The van der Waals surface area contributed by atoms with E-state index in [9.17, 15) is 4.79 Å². The summed E-state index contributed by atoms with van der Waals surface area (Å²) in [6, 6.07) is 13.2. The van der Waals surface area contributed by atoms with Crippen molar-refractivity contribution in [3.8, 4) is 16.9 Å². The van der Waals surface area contributed by atoms with Gasteiger partial charge in [0.2, 0.25) is 0 Å². The van der Waals surface area contributed by atoms with Gasteiger partial charge in [0, 0.05) is 6.08 Å². The Kier molecular flexibility index (Phi) is 7.64. The van der Waals surface area contributed by atoms with E-state index in [4.69, 9.17) is 14.2 Å². The predicted molar refractivity (Wildman–Crippen MR) is 127 cm³/mol. The second-order valence-corrected chi connectivity index (χ2v) is 8.89. The van der Waals surface area contributed by atoms with Crippen molar-refractivity contribution < 1.29 is 19.0 Å². The van der Waals surface area contributed by atoms with E-state index in [1.54, 1.807) is 0 Å². The third kappa shape index (κ3) is 5.60. The van der Waals surface area contributed by atoms with Crippen LogP contribution in [0.15, 0.2) is 49.1 Å². The summed E-state index contributed by atoms with van der Waals surface area (Å²) in [4.78, 5) is 11.4. The summed E-state index contributed by atoms with van der Waals surface area (Å²) in [5.41, 5.74) is 6.57. The van der Waals surface area contributed by atoms with Crippen molar-refractivity contribution in [2.75, 3.05) is 6.61 Å². The van der Waals surface area contributed by atoms with Gasteiger partial charge in [0.1, 0.15) is 11.9 Å². The first-order valence-corrected chi connectivity index (χ1v) is 12.0. The smallest absolute Gasteiger partial charge is 0.330 e. The molecule has 0 spiro atoms. The third-order valence-electron chi connectivity index (χ3n) is 6.49. The molecule has 1 fully saturated rings. The fourth-order valence-electron chi connectivity index (χ4n) is 4.71. The molecular formula is C28H34O4. The molecule has 1 saturated carbocycles. The minimum atomic E-state index is -0.330. The lowest BCUT2D eigenvalue weighted by Crippen LogP contribution is -2.27. The summed E-state index contributed by atoms with van der Waals surface area (Å²) in [7, 11) is 0. The maximum atomic E-state index is 11.4. The van der Waals surface area contributed by atoms with Gasteiger partial charge in [-0.05, 0) is 78.5 Å². The van der Waals surface area contributed by atoms with Gasteiger partial charge in [0.15, 0.2) is 0 Å². The zero-order valence-electron chi connectivity index (χ0n) is 19.1. The van der Waals surface area contributed by atoms with E-state index >= 15 is 0 Å². The second kappa shape index (κ2) is 10.8. The van der Waals surface area contributed by atoms with E-state index in [1.165, 1.54) is 46.7 Å². The fraction of sp³-hybridized carbons (Fsp3) is 0.464. The Morgan fingerprint density at radius 2 is 1.72 bits per heavy atom. The highest BCUT2D eigenvalue weighted by atomic mass is 16.5. The van der Waals surface area contributed by atoms with Crippen molar-refractivity contribution in [2.45, 2.75) is 77.1 Å². The van der Waals surface area contributed by atoms with Crippen LogP contribution in [0.4, 0.5) is 0 Å². The van der Waals surface area contributed by atoms with Gasteiger partial charge >= 0.3 is 5.97 Å². The highest BCUT2D eigenvalue weighted by Crippen LogP contribution is 2.39. The van der Waals surface area contributed by atoms with Crippen LogP contribution >= 0.6 is 0 Å². The molecule has 4 nitrogen and oxygen atoms in total. The number of unbranched alkanes of at least 4 members (excludes halogenated alkanes) is 2. The van der Waals surface area contributed by atoms with Crippen molar-refractivity contribution in [3.05, 3.63) is 65.7 Å². The summed E-state index contributed by atoms with van der Waals surface area (Å²) in [5.74, 6) is 0.647. The monoisotopic (exact) mass is 434 g/mol. The summed E-state index contributed by atoms with van der Waals surface area (Å²) in [5, 5.41) is 0. The third-order valence-corrected chi connectivity index (χ3v) is 6.49. The van der Waals surface area contributed by atoms with Gasteiger partial charge in [-0.3, -0.25) is 0 Å². The van der Waals surface area contributed by atoms with Gasteiger partial charge in [-0.15, -0.1) is 0 Å². The molecule has 170 valence electrons. The molecule has 4 rings (SSSR count). The van der Waals surface area contributed by atoms with Crippen LogP contribution in [0.1, 0.15) is 68.6 Å². The van der Waals surface area contributed by atoms with Gasteiger partial charge in [-0.1, -0.05) is 50.6 Å². The highest BCUT2D eigenvalue weighted by molar-refractivity contribution is 5.81. The van der Waals surface area contributed by atoms with Crippen LogP contribution in [-0.2, 0) is 27.3 Å². The Balaban J connectivity index is 1.28. The molecule has 0 aliphatic heterocycles. The van der Waals surface area contributed by atoms with Crippen molar-refractivity contribution in [1.29, 1.82) is 0 Å². The molecule has 0 aromatic heterocycles. The molecule has 0 saturated heterocycles. The van der Waals surface area contributed by atoms with Gasteiger partial charge in [-0.25, -0.2) is 4.79 Å². The Morgan fingerprint density at radius 1 is 1.00 bits per heavy atom. The van der Waals surface area contributed by atoms with Crippen molar-refractivity contribution in [3.63, 3.8) is 0 Å². The van der Waals surface area contributed by atoms with Crippen LogP contribution in [0.25, 0.3) is 11.1 Å². The fourth-order valence-corrected chi connectivity index (χ4v) is 4.71. The lowest BCUT2D eigenvalue weighted by molar-refractivity contribution is -0.146. The van der Waals surface area contributed by atoms with E-state index < -0.39 is 0 Å². The largest absolute Gasteiger partial charge is 0.494 e. The van der Waals surface area contributed by atoms with Gasteiger partial charge in [0.05, 0.1) is 19.3 Å². The molecule has 0 radical (unpaired) electrons. The van der Waals surface area contributed by atoms with Crippen LogP contribution in [0.3, 0.4) is 0 Å². The van der Waals surface area contributed by atoms with E-state index in [0.29, 0.717) is 6.61 Å². The van der Waals surface area contributed by atoms with Crippen molar-refractivity contribution in [2.24, 2.45) is 0 Å². The predicted octanol–water partition coefficient (Wildman–Crippen LogP) is 6.38. The summed E-state index contributed by atoms with van der Waals surface area (Å²) >= 11 is 0. The molecule has 0 atom stereocenters. The lowest BCUT2D eigenvalue weighted by atomic mass is 9.95. The van der Waals surface area contributed by atoms with E-state index in [1.807, 2.05) is 0 Å². The van der Waals surface area contributed by atoms with Gasteiger partial charge in [0.25, 0.3) is 0 Å². The zero-order valence-corrected chi connectivity index (χ0v) is 19.1. The van der Waals surface area contributed by atoms with Crippen molar-refractivity contribution in [1.82, 2.24) is 0 Å². The molecule has 32 heavy (non-hydrogen) atoms. The van der Waals surface area contributed by atoms with Crippen LogP contribution in [0.2, 0.25) is 0 Å². The SMILES string of the molecule is C=CC(=O)OC1CCC(OCc2ccc3c(c2)Cc2cc(OCCCCC)ccc2-3)CC1. The molecule has 2 aliphatic rings. The summed E-state index contributed by atoms with van der Waals surface area (Å²) in [6.07, 6.45) is 9.50. The van der Waals surface area contributed by atoms with Crippen LogP contribution < -0.4 is 4.74 Å². The standard InChI is InChI=1S/C28H34O4/c1-3-5-6-15-30-25-12-14-27-22(18-25)17-21-16-20(7-13-26(21)27)19-31-23-8-10-24(11-9-23)32-28(29)4-2/h4,7,12-14,16,18,23-24H,2-3,5-6,8-11,15,17,19H2,1H3. The first kappa shape index (κ1) is 22.6. The molecule has 2 aromatic rings. The Hall–Kier alpha value is -2.59. The van der Waals surface area contributed by atoms with E-state index in [0.717, 1.165) is 50.9 Å². The molecule has 0 N–H and O–H groups in total. The molecule has 0 heterocycles. The van der Waals surface area contributed by atoms with Crippen LogP contribution in [0, 0.1) is 0 Å². The zero-order chi connectivity index (χ0) is 22.3. The van der Waals surface area contributed by atoms with Gasteiger partial charge < -0.3 is 14.2 Å². The molecule has 0 bridgehead atoms. The van der Waals surface area contributed by atoms with Gasteiger partial charge in [-0.2, -0.15) is 0 Å².